The number of hydrogen-bond donors (Lipinski definition) is 0. The predicted octanol–water partition coefficient (Wildman–Crippen LogP) is 3.91. The maximum atomic E-state index is 6.11. The second-order valence-electron chi connectivity index (χ2n) is 5.08. The minimum atomic E-state index is 0.483. The molecule has 16 heavy (non-hydrogen) atoms. The molecule has 1 spiro atoms. The standard InChI is InChI=1S/C14H17BrO/c15-12-9-14(12)8-4-7-13(14)16-10-11-5-2-1-3-6-11/h1-3,5-6,12-13H,4,7-10H2. The number of halogens is 1. The lowest BCUT2D eigenvalue weighted by molar-refractivity contribution is 0.00804. The Labute approximate surface area is 105 Å². The molecule has 0 N–H and O–H groups in total. The zero-order chi connectivity index (χ0) is 11.0. The van der Waals surface area contributed by atoms with E-state index < -0.39 is 0 Å². The number of ether oxygens (including phenoxy) is 1. The highest BCUT2D eigenvalue weighted by Crippen LogP contribution is 2.62. The molecule has 0 aliphatic heterocycles. The van der Waals surface area contributed by atoms with Gasteiger partial charge in [0.05, 0.1) is 12.7 Å². The lowest BCUT2D eigenvalue weighted by atomic mass is 10.0. The summed E-state index contributed by atoms with van der Waals surface area (Å²) in [5.74, 6) is 0. The topological polar surface area (TPSA) is 9.23 Å². The average molecular weight is 281 g/mol. The molecule has 2 saturated carbocycles. The third-order valence-corrected chi connectivity index (χ3v) is 5.30. The maximum absolute atomic E-state index is 6.11. The molecule has 0 saturated heterocycles. The molecule has 3 atom stereocenters. The summed E-state index contributed by atoms with van der Waals surface area (Å²) in [5.41, 5.74) is 1.78. The van der Waals surface area contributed by atoms with E-state index in [1.54, 1.807) is 0 Å². The van der Waals surface area contributed by atoms with E-state index in [9.17, 15) is 0 Å². The van der Waals surface area contributed by atoms with Gasteiger partial charge in [0.2, 0.25) is 0 Å². The fourth-order valence-electron chi connectivity index (χ4n) is 2.95. The van der Waals surface area contributed by atoms with Gasteiger partial charge in [0, 0.05) is 10.2 Å². The van der Waals surface area contributed by atoms with Crippen LogP contribution in [0, 0.1) is 5.41 Å². The molecule has 0 heterocycles. The Morgan fingerprint density at radius 2 is 2.06 bits per heavy atom. The van der Waals surface area contributed by atoms with Crippen LogP contribution in [-0.2, 0) is 11.3 Å². The summed E-state index contributed by atoms with van der Waals surface area (Å²) in [5, 5.41) is 0. The summed E-state index contributed by atoms with van der Waals surface area (Å²) in [6.07, 6.45) is 5.72. The fourth-order valence-corrected chi connectivity index (χ4v) is 4.08. The van der Waals surface area contributed by atoms with Crippen molar-refractivity contribution in [2.45, 2.75) is 43.2 Å². The van der Waals surface area contributed by atoms with Crippen LogP contribution < -0.4 is 0 Å². The molecular formula is C14H17BrO. The molecule has 86 valence electrons. The van der Waals surface area contributed by atoms with Gasteiger partial charge in [0.1, 0.15) is 0 Å². The minimum absolute atomic E-state index is 0.483. The molecule has 2 aliphatic carbocycles. The summed E-state index contributed by atoms with van der Waals surface area (Å²) in [4.78, 5) is 0.711. The van der Waals surface area contributed by atoms with Crippen molar-refractivity contribution in [3.8, 4) is 0 Å². The molecule has 1 aromatic carbocycles. The van der Waals surface area contributed by atoms with Gasteiger partial charge >= 0.3 is 0 Å². The van der Waals surface area contributed by atoms with Gasteiger partial charge in [-0.15, -0.1) is 0 Å². The van der Waals surface area contributed by atoms with Gasteiger partial charge < -0.3 is 4.74 Å². The van der Waals surface area contributed by atoms with E-state index >= 15 is 0 Å². The van der Waals surface area contributed by atoms with Gasteiger partial charge in [-0.1, -0.05) is 52.7 Å². The molecule has 0 bridgehead atoms. The summed E-state index contributed by atoms with van der Waals surface area (Å²) in [7, 11) is 0. The number of alkyl halides is 1. The second-order valence-corrected chi connectivity index (χ2v) is 6.19. The van der Waals surface area contributed by atoms with Crippen molar-refractivity contribution in [1.29, 1.82) is 0 Å². The Morgan fingerprint density at radius 3 is 2.75 bits per heavy atom. The van der Waals surface area contributed by atoms with Crippen molar-refractivity contribution < 1.29 is 4.74 Å². The molecule has 2 heteroatoms. The van der Waals surface area contributed by atoms with E-state index in [4.69, 9.17) is 4.74 Å². The van der Waals surface area contributed by atoms with Crippen molar-refractivity contribution in [2.24, 2.45) is 5.41 Å². The Bertz CT molecular complexity index is 364. The first-order valence-corrected chi connectivity index (χ1v) is 7.02. The van der Waals surface area contributed by atoms with Crippen molar-refractivity contribution in [3.05, 3.63) is 35.9 Å². The fraction of sp³-hybridized carbons (Fsp3) is 0.571. The average Bonchev–Trinajstić information content (AvgIpc) is 2.79. The summed E-state index contributed by atoms with van der Waals surface area (Å²) >= 11 is 3.75. The van der Waals surface area contributed by atoms with E-state index in [1.165, 1.54) is 31.2 Å². The minimum Gasteiger partial charge on any atom is -0.373 e. The lowest BCUT2D eigenvalue weighted by Crippen LogP contribution is -2.21. The van der Waals surface area contributed by atoms with Crippen LogP contribution in [0.3, 0.4) is 0 Å². The maximum Gasteiger partial charge on any atom is 0.0720 e. The highest BCUT2D eigenvalue weighted by molar-refractivity contribution is 9.09. The largest absolute Gasteiger partial charge is 0.373 e. The number of rotatable bonds is 3. The van der Waals surface area contributed by atoms with Crippen molar-refractivity contribution in [2.75, 3.05) is 0 Å². The van der Waals surface area contributed by atoms with Crippen molar-refractivity contribution in [1.82, 2.24) is 0 Å². The molecule has 2 fully saturated rings. The van der Waals surface area contributed by atoms with E-state index in [0.29, 0.717) is 16.3 Å². The highest BCUT2D eigenvalue weighted by atomic mass is 79.9. The molecular weight excluding hydrogens is 264 g/mol. The molecule has 0 amide bonds. The normalized spacial score (nSPS) is 36.8. The molecule has 0 radical (unpaired) electrons. The summed E-state index contributed by atoms with van der Waals surface area (Å²) in [6, 6.07) is 10.5. The van der Waals surface area contributed by atoms with E-state index in [-0.39, 0.29) is 0 Å². The number of hydrogen-bond acceptors (Lipinski definition) is 1. The molecule has 2 aliphatic rings. The molecule has 3 rings (SSSR count). The molecule has 1 nitrogen and oxygen atoms in total. The van der Waals surface area contributed by atoms with Crippen LogP contribution in [0.5, 0.6) is 0 Å². The third-order valence-electron chi connectivity index (χ3n) is 4.07. The van der Waals surface area contributed by atoms with Gasteiger partial charge in [-0.2, -0.15) is 0 Å². The van der Waals surface area contributed by atoms with E-state index in [2.05, 4.69) is 46.3 Å². The van der Waals surface area contributed by atoms with E-state index in [1.807, 2.05) is 0 Å². The Morgan fingerprint density at radius 1 is 1.31 bits per heavy atom. The summed E-state index contributed by atoms with van der Waals surface area (Å²) < 4.78 is 6.11. The van der Waals surface area contributed by atoms with Crippen LogP contribution in [0.25, 0.3) is 0 Å². The van der Waals surface area contributed by atoms with E-state index in [0.717, 1.165) is 6.61 Å². The molecule has 3 unspecified atom stereocenters. The second kappa shape index (κ2) is 4.15. The van der Waals surface area contributed by atoms with Gasteiger partial charge in [-0.3, -0.25) is 0 Å². The first-order valence-electron chi connectivity index (χ1n) is 6.11. The van der Waals surface area contributed by atoms with Crippen LogP contribution >= 0.6 is 15.9 Å². The first kappa shape index (κ1) is 10.8. The predicted molar refractivity (Wildman–Crippen MR) is 68.6 cm³/mol. The Kier molecular flexibility index (Phi) is 2.80. The molecule has 1 aromatic rings. The van der Waals surface area contributed by atoms with Crippen LogP contribution in [0.1, 0.15) is 31.2 Å². The highest BCUT2D eigenvalue weighted by Gasteiger charge is 2.60. The monoisotopic (exact) mass is 280 g/mol. The zero-order valence-electron chi connectivity index (χ0n) is 9.36. The zero-order valence-corrected chi connectivity index (χ0v) is 10.9. The Balaban J connectivity index is 1.60. The third kappa shape index (κ3) is 1.82. The van der Waals surface area contributed by atoms with Crippen LogP contribution in [0.2, 0.25) is 0 Å². The number of benzene rings is 1. The van der Waals surface area contributed by atoms with Crippen molar-refractivity contribution in [3.63, 3.8) is 0 Å². The van der Waals surface area contributed by atoms with Crippen LogP contribution in [0.15, 0.2) is 30.3 Å². The van der Waals surface area contributed by atoms with Crippen molar-refractivity contribution >= 4 is 15.9 Å². The quantitative estimate of drug-likeness (QED) is 0.763. The van der Waals surface area contributed by atoms with Gasteiger partial charge in [-0.25, -0.2) is 0 Å². The van der Waals surface area contributed by atoms with Crippen LogP contribution in [0.4, 0.5) is 0 Å². The van der Waals surface area contributed by atoms with Crippen LogP contribution in [-0.4, -0.2) is 10.9 Å². The lowest BCUT2D eigenvalue weighted by Gasteiger charge is -2.19. The first-order chi connectivity index (χ1) is 7.81. The summed E-state index contributed by atoms with van der Waals surface area (Å²) in [6.45, 7) is 0.771. The smallest absolute Gasteiger partial charge is 0.0720 e. The SMILES string of the molecule is BrC1CC12CCCC2OCc1ccccc1. The Hall–Kier alpha value is -0.340. The van der Waals surface area contributed by atoms with Gasteiger partial charge in [0.25, 0.3) is 0 Å². The van der Waals surface area contributed by atoms with Gasteiger partial charge in [-0.05, 0) is 24.8 Å². The van der Waals surface area contributed by atoms with Gasteiger partial charge in [0.15, 0.2) is 0 Å². The molecule has 0 aromatic heterocycles.